The summed E-state index contributed by atoms with van der Waals surface area (Å²) in [6.45, 7) is 4.88. The third kappa shape index (κ3) is 3.23. The molecular formula is C20H24N2O2. The third-order valence-corrected chi connectivity index (χ3v) is 4.38. The average Bonchev–Trinajstić information content (AvgIpc) is 2.59. The summed E-state index contributed by atoms with van der Waals surface area (Å²) in [5.74, 6) is 0.715. The van der Waals surface area contributed by atoms with Gasteiger partial charge in [-0.3, -0.25) is 4.79 Å². The molecule has 1 aliphatic heterocycles. The van der Waals surface area contributed by atoms with Gasteiger partial charge in [0.15, 0.2) is 6.10 Å². The van der Waals surface area contributed by atoms with Gasteiger partial charge in [0, 0.05) is 24.7 Å². The minimum atomic E-state index is -0.502. The van der Waals surface area contributed by atoms with Crippen LogP contribution in [0.4, 0.5) is 11.4 Å². The number of nitrogen functional groups attached to an aromatic ring is 1. The number of hydrogen-bond donors (Lipinski definition) is 1. The second-order valence-electron chi connectivity index (χ2n) is 6.20. The van der Waals surface area contributed by atoms with Crippen LogP contribution in [-0.2, 0) is 17.6 Å². The van der Waals surface area contributed by atoms with Gasteiger partial charge in [0.05, 0.1) is 5.69 Å². The van der Waals surface area contributed by atoms with Gasteiger partial charge < -0.3 is 15.4 Å². The molecular weight excluding hydrogens is 300 g/mol. The first-order chi connectivity index (χ1) is 11.6. The van der Waals surface area contributed by atoms with Gasteiger partial charge in [-0.2, -0.15) is 0 Å². The molecule has 1 heterocycles. The van der Waals surface area contributed by atoms with Gasteiger partial charge in [-0.05, 0) is 36.1 Å². The second-order valence-corrected chi connectivity index (χ2v) is 6.20. The van der Waals surface area contributed by atoms with Crippen molar-refractivity contribution in [1.29, 1.82) is 0 Å². The van der Waals surface area contributed by atoms with Crippen LogP contribution in [0.2, 0.25) is 0 Å². The van der Waals surface area contributed by atoms with Crippen molar-refractivity contribution in [3.05, 3.63) is 53.6 Å². The number of hydrogen-bond acceptors (Lipinski definition) is 3. The standard InChI is InChI=1S/C20H24N2O2/c1-3-11-22-17-10-9-16(21)13-18(17)24-19(20(22)23)12-15-7-5-14(4-2)6-8-15/h5-10,13,19H,3-4,11-12,21H2,1-2H3. The van der Waals surface area contributed by atoms with E-state index in [1.54, 1.807) is 6.07 Å². The molecule has 3 rings (SSSR count). The quantitative estimate of drug-likeness (QED) is 0.855. The molecule has 1 unspecified atom stereocenters. The van der Waals surface area contributed by atoms with Crippen LogP contribution in [-0.4, -0.2) is 18.6 Å². The lowest BCUT2D eigenvalue weighted by molar-refractivity contribution is -0.126. The predicted molar refractivity (Wildman–Crippen MR) is 97.4 cm³/mol. The number of amides is 1. The Kier molecular flexibility index (Phi) is 4.74. The zero-order chi connectivity index (χ0) is 17.1. The van der Waals surface area contributed by atoms with Crippen molar-refractivity contribution in [2.75, 3.05) is 17.2 Å². The second kappa shape index (κ2) is 6.95. The molecule has 2 aromatic carbocycles. The van der Waals surface area contributed by atoms with E-state index >= 15 is 0 Å². The molecule has 0 fully saturated rings. The van der Waals surface area contributed by atoms with Crippen LogP contribution < -0.4 is 15.4 Å². The van der Waals surface area contributed by atoms with Crippen LogP contribution in [0, 0.1) is 0 Å². The van der Waals surface area contributed by atoms with E-state index in [0.29, 0.717) is 24.4 Å². The summed E-state index contributed by atoms with van der Waals surface area (Å²) >= 11 is 0. The molecule has 0 saturated heterocycles. The Morgan fingerprint density at radius 2 is 1.79 bits per heavy atom. The largest absolute Gasteiger partial charge is 0.478 e. The van der Waals surface area contributed by atoms with E-state index in [4.69, 9.17) is 10.5 Å². The van der Waals surface area contributed by atoms with Gasteiger partial charge in [0.1, 0.15) is 5.75 Å². The molecule has 0 aliphatic carbocycles. The predicted octanol–water partition coefficient (Wildman–Crippen LogP) is 3.58. The third-order valence-electron chi connectivity index (χ3n) is 4.38. The highest BCUT2D eigenvalue weighted by Crippen LogP contribution is 2.36. The number of anilines is 2. The normalized spacial score (nSPS) is 16.7. The van der Waals surface area contributed by atoms with Crippen molar-refractivity contribution in [2.45, 2.75) is 39.2 Å². The monoisotopic (exact) mass is 324 g/mol. The van der Waals surface area contributed by atoms with E-state index in [9.17, 15) is 4.79 Å². The first-order valence-electron chi connectivity index (χ1n) is 8.57. The summed E-state index contributed by atoms with van der Waals surface area (Å²) in [6.07, 6.45) is 1.97. The Morgan fingerprint density at radius 3 is 2.46 bits per heavy atom. The summed E-state index contributed by atoms with van der Waals surface area (Å²) < 4.78 is 5.99. The summed E-state index contributed by atoms with van der Waals surface area (Å²) in [4.78, 5) is 14.7. The maximum Gasteiger partial charge on any atom is 0.268 e. The number of carbonyl (C=O) groups is 1. The Morgan fingerprint density at radius 1 is 1.08 bits per heavy atom. The van der Waals surface area contributed by atoms with Gasteiger partial charge >= 0.3 is 0 Å². The van der Waals surface area contributed by atoms with E-state index in [0.717, 1.165) is 24.1 Å². The first-order valence-corrected chi connectivity index (χ1v) is 8.57. The number of benzene rings is 2. The average molecular weight is 324 g/mol. The minimum Gasteiger partial charge on any atom is -0.478 e. The van der Waals surface area contributed by atoms with E-state index in [2.05, 4.69) is 38.1 Å². The Balaban J connectivity index is 1.87. The van der Waals surface area contributed by atoms with E-state index in [-0.39, 0.29) is 5.91 Å². The molecule has 0 saturated carbocycles. The van der Waals surface area contributed by atoms with Gasteiger partial charge in [-0.15, -0.1) is 0 Å². The molecule has 2 N–H and O–H groups in total. The zero-order valence-corrected chi connectivity index (χ0v) is 14.3. The van der Waals surface area contributed by atoms with Crippen molar-refractivity contribution in [2.24, 2.45) is 0 Å². The number of aryl methyl sites for hydroxylation is 1. The van der Waals surface area contributed by atoms with E-state index in [1.807, 2.05) is 17.0 Å². The SMILES string of the molecule is CCCN1C(=O)C(Cc2ccc(CC)cc2)Oc2cc(N)ccc21. The Labute approximate surface area is 143 Å². The van der Waals surface area contributed by atoms with Crippen molar-refractivity contribution in [3.63, 3.8) is 0 Å². The summed E-state index contributed by atoms with van der Waals surface area (Å²) in [7, 11) is 0. The smallest absolute Gasteiger partial charge is 0.268 e. The van der Waals surface area contributed by atoms with Gasteiger partial charge in [0.2, 0.25) is 0 Å². The number of nitrogens with two attached hydrogens (primary N) is 1. The molecule has 4 nitrogen and oxygen atoms in total. The zero-order valence-electron chi connectivity index (χ0n) is 14.3. The minimum absolute atomic E-state index is 0.0219. The highest BCUT2D eigenvalue weighted by Gasteiger charge is 2.34. The lowest BCUT2D eigenvalue weighted by Crippen LogP contribution is -2.47. The molecule has 1 atom stereocenters. The lowest BCUT2D eigenvalue weighted by atomic mass is 10.0. The maximum atomic E-state index is 12.9. The highest BCUT2D eigenvalue weighted by molar-refractivity contribution is 6.00. The van der Waals surface area contributed by atoms with Gasteiger partial charge in [0.25, 0.3) is 5.91 Å². The maximum absolute atomic E-state index is 12.9. The number of rotatable bonds is 5. The van der Waals surface area contributed by atoms with Crippen LogP contribution in [0.5, 0.6) is 5.75 Å². The molecule has 0 radical (unpaired) electrons. The summed E-state index contributed by atoms with van der Waals surface area (Å²) in [5, 5.41) is 0. The van der Waals surface area contributed by atoms with Crippen LogP contribution in [0.15, 0.2) is 42.5 Å². The van der Waals surface area contributed by atoms with Gasteiger partial charge in [-0.1, -0.05) is 38.1 Å². The topological polar surface area (TPSA) is 55.6 Å². The fourth-order valence-corrected chi connectivity index (χ4v) is 3.05. The van der Waals surface area contributed by atoms with Crippen LogP contribution >= 0.6 is 0 Å². The fourth-order valence-electron chi connectivity index (χ4n) is 3.05. The Hall–Kier alpha value is -2.49. The Bertz CT molecular complexity index is 725. The van der Waals surface area contributed by atoms with Crippen molar-refractivity contribution in [3.8, 4) is 5.75 Å². The molecule has 0 bridgehead atoms. The number of ether oxygens (including phenoxy) is 1. The first kappa shape index (κ1) is 16.4. The lowest BCUT2D eigenvalue weighted by Gasteiger charge is -2.34. The number of nitrogens with zero attached hydrogens (tertiary/aromatic N) is 1. The molecule has 0 spiro atoms. The van der Waals surface area contributed by atoms with Crippen molar-refractivity contribution >= 4 is 17.3 Å². The van der Waals surface area contributed by atoms with E-state index < -0.39 is 6.10 Å². The van der Waals surface area contributed by atoms with Crippen molar-refractivity contribution in [1.82, 2.24) is 0 Å². The summed E-state index contributed by atoms with van der Waals surface area (Å²) in [6, 6.07) is 13.9. The van der Waals surface area contributed by atoms with Crippen molar-refractivity contribution < 1.29 is 9.53 Å². The molecule has 24 heavy (non-hydrogen) atoms. The molecule has 1 aliphatic rings. The molecule has 126 valence electrons. The number of fused-ring (bicyclic) bond motifs is 1. The fraction of sp³-hybridized carbons (Fsp3) is 0.350. The molecule has 0 aromatic heterocycles. The number of carbonyl (C=O) groups excluding carboxylic acids is 1. The molecule has 1 amide bonds. The van der Waals surface area contributed by atoms with Crippen LogP contribution in [0.1, 0.15) is 31.4 Å². The molecule has 4 heteroatoms. The summed E-state index contributed by atoms with van der Waals surface area (Å²) in [5.41, 5.74) is 9.74. The van der Waals surface area contributed by atoms with E-state index in [1.165, 1.54) is 5.56 Å². The van der Waals surface area contributed by atoms with Crippen LogP contribution in [0.3, 0.4) is 0 Å². The molecule has 2 aromatic rings. The van der Waals surface area contributed by atoms with Crippen LogP contribution in [0.25, 0.3) is 0 Å². The van der Waals surface area contributed by atoms with Gasteiger partial charge in [-0.25, -0.2) is 0 Å². The highest BCUT2D eigenvalue weighted by atomic mass is 16.5.